The third-order valence-corrected chi connectivity index (χ3v) is 3.78. The SMILES string of the molecule is Cc1nc(N)sc1C(=O)NCCC(C)CCC(=O)O. The minimum absolute atomic E-state index is 0.166. The Bertz CT molecular complexity index is 459. The number of carboxylic acid groups (broad SMARTS) is 1. The number of nitrogens with two attached hydrogens (primary N) is 1. The van der Waals surface area contributed by atoms with E-state index < -0.39 is 5.97 Å². The Labute approximate surface area is 116 Å². The fourth-order valence-corrected chi connectivity index (χ4v) is 2.40. The third kappa shape index (κ3) is 5.25. The van der Waals surface area contributed by atoms with Crippen LogP contribution in [0.3, 0.4) is 0 Å². The van der Waals surface area contributed by atoms with Crippen molar-refractivity contribution < 1.29 is 14.7 Å². The Morgan fingerprint density at radius 3 is 2.68 bits per heavy atom. The molecule has 6 nitrogen and oxygen atoms in total. The first kappa shape index (κ1) is 15.4. The number of nitrogens with one attached hydrogen (secondary N) is 1. The quantitative estimate of drug-likeness (QED) is 0.706. The lowest BCUT2D eigenvalue weighted by atomic mass is 10.0. The zero-order chi connectivity index (χ0) is 14.4. The summed E-state index contributed by atoms with van der Waals surface area (Å²) < 4.78 is 0. The van der Waals surface area contributed by atoms with Crippen LogP contribution >= 0.6 is 11.3 Å². The summed E-state index contributed by atoms with van der Waals surface area (Å²) in [5.74, 6) is -0.687. The van der Waals surface area contributed by atoms with Crippen LogP contribution in [-0.2, 0) is 4.79 Å². The van der Waals surface area contributed by atoms with Crippen molar-refractivity contribution in [2.75, 3.05) is 12.3 Å². The average Bonchev–Trinajstić information content (AvgIpc) is 2.65. The summed E-state index contributed by atoms with van der Waals surface area (Å²) in [6.45, 7) is 4.25. The highest BCUT2D eigenvalue weighted by Crippen LogP contribution is 2.19. The predicted molar refractivity (Wildman–Crippen MR) is 74.2 cm³/mol. The van der Waals surface area contributed by atoms with Gasteiger partial charge in [-0.2, -0.15) is 0 Å². The Hall–Kier alpha value is -1.63. The fraction of sp³-hybridized carbons (Fsp3) is 0.583. The molecule has 0 fully saturated rings. The number of carbonyl (C=O) groups excluding carboxylic acids is 1. The van der Waals surface area contributed by atoms with Gasteiger partial charge in [0.2, 0.25) is 0 Å². The van der Waals surface area contributed by atoms with Crippen LogP contribution in [0.15, 0.2) is 0 Å². The molecule has 0 radical (unpaired) electrons. The number of rotatable bonds is 7. The van der Waals surface area contributed by atoms with E-state index in [0.29, 0.717) is 28.7 Å². The normalized spacial score (nSPS) is 12.1. The molecule has 1 atom stereocenters. The number of nitrogens with zero attached hydrogens (tertiary/aromatic N) is 1. The highest BCUT2D eigenvalue weighted by atomic mass is 32.1. The number of carboxylic acids is 1. The lowest BCUT2D eigenvalue weighted by Gasteiger charge is -2.10. The van der Waals surface area contributed by atoms with Gasteiger partial charge in [0.25, 0.3) is 5.91 Å². The molecule has 1 amide bonds. The molecule has 1 aromatic rings. The van der Waals surface area contributed by atoms with E-state index in [1.54, 1.807) is 6.92 Å². The number of amides is 1. The van der Waals surface area contributed by atoms with Crippen LogP contribution in [0.1, 0.15) is 41.6 Å². The van der Waals surface area contributed by atoms with Crippen molar-refractivity contribution in [3.63, 3.8) is 0 Å². The number of hydrogen-bond donors (Lipinski definition) is 3. The third-order valence-electron chi connectivity index (χ3n) is 2.79. The number of nitrogen functional groups attached to an aromatic ring is 1. The zero-order valence-electron chi connectivity index (χ0n) is 11.1. The van der Waals surface area contributed by atoms with Crippen LogP contribution in [-0.4, -0.2) is 28.5 Å². The van der Waals surface area contributed by atoms with Gasteiger partial charge in [-0.05, 0) is 25.7 Å². The Morgan fingerprint density at radius 1 is 1.47 bits per heavy atom. The van der Waals surface area contributed by atoms with E-state index in [1.165, 1.54) is 11.3 Å². The smallest absolute Gasteiger partial charge is 0.303 e. The van der Waals surface area contributed by atoms with Gasteiger partial charge in [0.05, 0.1) is 5.69 Å². The number of thiazole rings is 1. The maximum Gasteiger partial charge on any atom is 0.303 e. The van der Waals surface area contributed by atoms with Gasteiger partial charge in [-0.3, -0.25) is 9.59 Å². The second-order valence-corrected chi connectivity index (χ2v) is 5.58. The fourth-order valence-electron chi connectivity index (χ4n) is 1.65. The topological polar surface area (TPSA) is 105 Å². The van der Waals surface area contributed by atoms with Crippen LogP contribution in [0, 0.1) is 12.8 Å². The Kier molecular flexibility index (Phi) is 5.75. The summed E-state index contributed by atoms with van der Waals surface area (Å²) >= 11 is 1.17. The highest BCUT2D eigenvalue weighted by Gasteiger charge is 2.14. The van der Waals surface area contributed by atoms with E-state index in [1.807, 2.05) is 6.92 Å². The van der Waals surface area contributed by atoms with E-state index in [0.717, 1.165) is 6.42 Å². The summed E-state index contributed by atoms with van der Waals surface area (Å²) in [6.07, 6.45) is 1.55. The van der Waals surface area contributed by atoms with Gasteiger partial charge >= 0.3 is 5.97 Å². The minimum atomic E-state index is -0.786. The van der Waals surface area contributed by atoms with Crippen LogP contribution in [0.25, 0.3) is 0 Å². The first-order chi connectivity index (χ1) is 8.90. The molecule has 1 unspecified atom stereocenters. The first-order valence-electron chi connectivity index (χ1n) is 6.13. The Balaban J connectivity index is 2.31. The summed E-state index contributed by atoms with van der Waals surface area (Å²) in [7, 11) is 0. The van der Waals surface area contributed by atoms with Crippen molar-refractivity contribution in [3.05, 3.63) is 10.6 Å². The Morgan fingerprint density at radius 2 is 2.16 bits per heavy atom. The van der Waals surface area contributed by atoms with Gasteiger partial charge in [-0.15, -0.1) is 0 Å². The highest BCUT2D eigenvalue weighted by molar-refractivity contribution is 7.17. The number of hydrogen-bond acceptors (Lipinski definition) is 5. The zero-order valence-corrected chi connectivity index (χ0v) is 11.9. The van der Waals surface area contributed by atoms with Gasteiger partial charge in [-0.25, -0.2) is 4.98 Å². The summed E-state index contributed by atoms with van der Waals surface area (Å²) in [5.41, 5.74) is 6.17. The van der Waals surface area contributed by atoms with Crippen LogP contribution in [0.4, 0.5) is 5.13 Å². The van der Waals surface area contributed by atoms with Crippen molar-refractivity contribution in [3.8, 4) is 0 Å². The molecule has 1 heterocycles. The summed E-state index contributed by atoms with van der Waals surface area (Å²) in [6, 6.07) is 0. The molecule has 0 aliphatic rings. The van der Waals surface area contributed by atoms with Crippen LogP contribution < -0.4 is 11.1 Å². The largest absolute Gasteiger partial charge is 0.481 e. The number of carbonyl (C=O) groups is 2. The maximum absolute atomic E-state index is 11.8. The van der Waals surface area contributed by atoms with E-state index in [-0.39, 0.29) is 18.2 Å². The number of aryl methyl sites for hydroxylation is 1. The monoisotopic (exact) mass is 285 g/mol. The molecule has 4 N–H and O–H groups in total. The molecular formula is C12H19N3O3S. The number of aliphatic carboxylic acids is 1. The van der Waals surface area contributed by atoms with Gasteiger partial charge in [-0.1, -0.05) is 18.3 Å². The van der Waals surface area contributed by atoms with Gasteiger partial charge in [0.1, 0.15) is 4.88 Å². The molecule has 0 saturated carbocycles. The molecule has 0 aliphatic carbocycles. The molecule has 0 spiro atoms. The van der Waals surface area contributed by atoms with Crippen molar-refractivity contribution in [1.29, 1.82) is 0 Å². The second kappa shape index (κ2) is 7.08. The van der Waals surface area contributed by atoms with E-state index in [2.05, 4.69) is 10.3 Å². The standard InChI is InChI=1S/C12H19N3O3S/c1-7(3-4-9(16)17)5-6-14-11(18)10-8(2)15-12(13)19-10/h7H,3-6H2,1-2H3,(H2,13,15)(H,14,18)(H,16,17). The van der Waals surface area contributed by atoms with Gasteiger partial charge < -0.3 is 16.2 Å². The molecule has 0 bridgehead atoms. The lowest BCUT2D eigenvalue weighted by molar-refractivity contribution is -0.137. The lowest BCUT2D eigenvalue weighted by Crippen LogP contribution is -2.25. The van der Waals surface area contributed by atoms with Crippen LogP contribution in [0.2, 0.25) is 0 Å². The van der Waals surface area contributed by atoms with E-state index in [9.17, 15) is 9.59 Å². The number of anilines is 1. The van der Waals surface area contributed by atoms with Crippen molar-refractivity contribution in [2.45, 2.75) is 33.1 Å². The average molecular weight is 285 g/mol. The van der Waals surface area contributed by atoms with Crippen molar-refractivity contribution >= 4 is 28.3 Å². The van der Waals surface area contributed by atoms with Gasteiger partial charge in [0, 0.05) is 13.0 Å². The van der Waals surface area contributed by atoms with Gasteiger partial charge in [0.15, 0.2) is 5.13 Å². The summed E-state index contributed by atoms with van der Waals surface area (Å²) in [4.78, 5) is 26.8. The molecule has 1 aromatic heterocycles. The molecule has 1 rings (SSSR count). The molecule has 19 heavy (non-hydrogen) atoms. The van der Waals surface area contributed by atoms with Crippen molar-refractivity contribution in [1.82, 2.24) is 10.3 Å². The first-order valence-corrected chi connectivity index (χ1v) is 6.94. The molecule has 7 heteroatoms. The maximum atomic E-state index is 11.8. The second-order valence-electron chi connectivity index (χ2n) is 4.55. The molecule has 0 aromatic carbocycles. The van der Waals surface area contributed by atoms with E-state index in [4.69, 9.17) is 10.8 Å². The van der Waals surface area contributed by atoms with Crippen molar-refractivity contribution in [2.24, 2.45) is 5.92 Å². The predicted octanol–water partition coefficient (Wildman–Crippen LogP) is 1.65. The van der Waals surface area contributed by atoms with E-state index >= 15 is 0 Å². The molecule has 0 saturated heterocycles. The molecule has 0 aliphatic heterocycles. The number of aromatic nitrogens is 1. The molecular weight excluding hydrogens is 266 g/mol. The van der Waals surface area contributed by atoms with Crippen LogP contribution in [0.5, 0.6) is 0 Å². The summed E-state index contributed by atoms with van der Waals surface area (Å²) in [5, 5.41) is 11.8. The minimum Gasteiger partial charge on any atom is -0.481 e. The molecule has 106 valence electrons.